The van der Waals surface area contributed by atoms with Crippen LogP contribution in [-0.2, 0) is 0 Å². The lowest BCUT2D eigenvalue weighted by Gasteiger charge is -2.05. The molecule has 1 aliphatic rings. The molecule has 0 amide bonds. The third-order valence-corrected chi connectivity index (χ3v) is 3.48. The number of halogens is 1. The number of hydrogen-bond acceptors (Lipinski definition) is 5. The van der Waals surface area contributed by atoms with Crippen LogP contribution in [0, 0.1) is 0 Å². The van der Waals surface area contributed by atoms with Crippen molar-refractivity contribution >= 4 is 35.7 Å². The first-order chi connectivity index (χ1) is 9.79. The van der Waals surface area contributed by atoms with E-state index in [1.807, 2.05) is 42.6 Å². The lowest BCUT2D eigenvalue weighted by molar-refractivity contribution is 0.461. The minimum absolute atomic E-state index is 0.158. The zero-order valence-corrected chi connectivity index (χ0v) is 11.9. The maximum absolute atomic E-state index is 5.93. The van der Waals surface area contributed by atoms with Gasteiger partial charge in [-0.3, -0.25) is 4.99 Å². The van der Waals surface area contributed by atoms with Crippen molar-refractivity contribution in [3.05, 3.63) is 52.3 Å². The van der Waals surface area contributed by atoms with Crippen molar-refractivity contribution in [2.24, 2.45) is 4.99 Å². The van der Waals surface area contributed by atoms with Gasteiger partial charge >= 0.3 is 0 Å². The topological polar surface area (TPSA) is 47.4 Å². The van der Waals surface area contributed by atoms with E-state index in [1.54, 1.807) is 17.8 Å². The lowest BCUT2D eigenvalue weighted by Crippen LogP contribution is -1.93. The molecular weight excluding hydrogens is 294 g/mol. The van der Waals surface area contributed by atoms with Gasteiger partial charge in [0.05, 0.1) is 11.6 Å². The number of aromatic nitrogens is 2. The molecule has 2 aromatic rings. The number of nitrogens with zero attached hydrogens (tertiary/aromatic N) is 3. The highest BCUT2D eigenvalue weighted by Crippen LogP contribution is 2.25. The summed E-state index contributed by atoms with van der Waals surface area (Å²) in [4.78, 5) is 13.4. The predicted octanol–water partition coefficient (Wildman–Crippen LogP) is 4.04. The summed E-state index contributed by atoms with van der Waals surface area (Å²) in [6.07, 6.45) is 3.73. The highest BCUT2D eigenvalue weighted by molar-refractivity contribution is 8.04. The van der Waals surface area contributed by atoms with E-state index in [0.29, 0.717) is 17.3 Å². The Balaban J connectivity index is 1.87. The maximum atomic E-state index is 5.93. The number of hydrogen-bond donors (Lipinski definition) is 0. The second-order valence-corrected chi connectivity index (χ2v) is 5.30. The Hall–Kier alpha value is -1.85. The van der Waals surface area contributed by atoms with Crippen LogP contribution in [0.1, 0.15) is 5.69 Å². The Morgan fingerprint density at radius 1 is 1.20 bits per heavy atom. The predicted molar refractivity (Wildman–Crippen MR) is 82.5 cm³/mol. The standard InChI is InChI=1S/C14H10ClN3OS/c15-14-17-10(6-12-8-16-9-20-12)7-13(18-14)19-11-4-2-1-3-5-11/h1-8H,9H2. The molecule has 3 rings (SSSR count). The summed E-state index contributed by atoms with van der Waals surface area (Å²) in [6.45, 7) is 0. The highest BCUT2D eigenvalue weighted by atomic mass is 35.5. The van der Waals surface area contributed by atoms with Gasteiger partial charge in [-0.15, -0.1) is 11.8 Å². The normalized spacial score (nSPS) is 15.8. The summed E-state index contributed by atoms with van der Waals surface area (Å²) < 4.78 is 5.66. The van der Waals surface area contributed by atoms with Gasteiger partial charge in [0.25, 0.3) is 0 Å². The summed E-state index contributed by atoms with van der Waals surface area (Å²) in [5.74, 6) is 1.87. The van der Waals surface area contributed by atoms with E-state index >= 15 is 0 Å². The van der Waals surface area contributed by atoms with Crippen LogP contribution in [-0.4, -0.2) is 22.1 Å². The fraction of sp³-hybridized carbons (Fsp3) is 0.0714. The second kappa shape index (κ2) is 6.07. The number of allylic oxidation sites excluding steroid dienone is 1. The Morgan fingerprint density at radius 3 is 2.80 bits per heavy atom. The van der Waals surface area contributed by atoms with Gasteiger partial charge in [0.1, 0.15) is 5.75 Å². The largest absolute Gasteiger partial charge is 0.439 e. The lowest BCUT2D eigenvalue weighted by atomic mass is 10.3. The van der Waals surface area contributed by atoms with Crippen molar-refractivity contribution in [1.29, 1.82) is 0 Å². The Labute approximate surface area is 125 Å². The van der Waals surface area contributed by atoms with Crippen LogP contribution in [0.5, 0.6) is 11.6 Å². The third-order valence-electron chi connectivity index (χ3n) is 2.48. The molecule has 0 fully saturated rings. The number of thioether (sulfide) groups is 1. The molecule has 0 saturated heterocycles. The SMILES string of the molecule is Clc1nc(C=C2C=NCS2)cc(Oc2ccccc2)n1. The minimum atomic E-state index is 0.158. The molecule has 0 unspecified atom stereocenters. The smallest absolute Gasteiger partial charge is 0.226 e. The van der Waals surface area contributed by atoms with E-state index in [-0.39, 0.29) is 5.28 Å². The van der Waals surface area contributed by atoms with Crippen molar-refractivity contribution in [2.75, 3.05) is 5.88 Å². The quantitative estimate of drug-likeness (QED) is 0.803. The van der Waals surface area contributed by atoms with Crippen LogP contribution in [0.2, 0.25) is 5.28 Å². The van der Waals surface area contributed by atoms with Gasteiger partial charge < -0.3 is 4.74 Å². The van der Waals surface area contributed by atoms with Gasteiger partial charge in [0.15, 0.2) is 0 Å². The molecule has 0 N–H and O–H groups in total. The Kier molecular flexibility index (Phi) is 3.99. The van der Waals surface area contributed by atoms with Crippen molar-refractivity contribution < 1.29 is 4.74 Å². The van der Waals surface area contributed by atoms with Crippen LogP contribution in [0.3, 0.4) is 0 Å². The van der Waals surface area contributed by atoms with E-state index in [9.17, 15) is 0 Å². The maximum Gasteiger partial charge on any atom is 0.226 e. The number of aliphatic imine (C=N–C) groups is 1. The van der Waals surface area contributed by atoms with Crippen molar-refractivity contribution in [3.8, 4) is 11.6 Å². The van der Waals surface area contributed by atoms with Crippen molar-refractivity contribution in [2.45, 2.75) is 0 Å². The van der Waals surface area contributed by atoms with E-state index in [0.717, 1.165) is 10.8 Å². The zero-order chi connectivity index (χ0) is 13.8. The molecule has 0 spiro atoms. The van der Waals surface area contributed by atoms with Crippen LogP contribution in [0.25, 0.3) is 6.08 Å². The molecule has 1 aliphatic heterocycles. The number of para-hydroxylation sites is 1. The van der Waals surface area contributed by atoms with E-state index < -0.39 is 0 Å². The first-order valence-electron chi connectivity index (χ1n) is 5.91. The Morgan fingerprint density at radius 2 is 2.05 bits per heavy atom. The van der Waals surface area contributed by atoms with Gasteiger partial charge in [-0.1, -0.05) is 18.2 Å². The molecule has 1 aromatic carbocycles. The van der Waals surface area contributed by atoms with Crippen molar-refractivity contribution in [1.82, 2.24) is 9.97 Å². The monoisotopic (exact) mass is 303 g/mol. The molecule has 100 valence electrons. The Bertz CT molecular complexity index is 673. The molecule has 4 nitrogen and oxygen atoms in total. The summed E-state index contributed by atoms with van der Waals surface area (Å²) in [5.41, 5.74) is 0.701. The second-order valence-electron chi connectivity index (χ2n) is 3.95. The molecule has 6 heteroatoms. The fourth-order valence-electron chi connectivity index (χ4n) is 1.65. The molecule has 1 aromatic heterocycles. The first kappa shape index (κ1) is 13.1. The molecule has 0 aliphatic carbocycles. The van der Waals surface area contributed by atoms with Gasteiger partial charge in [-0.05, 0) is 29.8 Å². The van der Waals surface area contributed by atoms with Crippen molar-refractivity contribution in [3.63, 3.8) is 0 Å². The number of ether oxygens (including phenoxy) is 1. The molecule has 0 atom stereocenters. The van der Waals surface area contributed by atoms with Gasteiger partial charge in [-0.2, -0.15) is 4.98 Å². The average molecular weight is 304 g/mol. The number of benzene rings is 1. The van der Waals surface area contributed by atoms with Crippen LogP contribution in [0.15, 0.2) is 46.3 Å². The third kappa shape index (κ3) is 3.37. The number of rotatable bonds is 3. The summed E-state index contributed by atoms with van der Waals surface area (Å²) in [5, 5.41) is 0.158. The zero-order valence-electron chi connectivity index (χ0n) is 10.4. The van der Waals surface area contributed by atoms with E-state index in [4.69, 9.17) is 16.3 Å². The van der Waals surface area contributed by atoms with E-state index in [2.05, 4.69) is 15.0 Å². The summed E-state index contributed by atoms with van der Waals surface area (Å²) in [6, 6.07) is 11.2. The van der Waals surface area contributed by atoms with Crippen LogP contribution in [0.4, 0.5) is 0 Å². The van der Waals surface area contributed by atoms with Gasteiger partial charge in [0.2, 0.25) is 11.2 Å². The molecule has 20 heavy (non-hydrogen) atoms. The van der Waals surface area contributed by atoms with Crippen LogP contribution < -0.4 is 4.74 Å². The van der Waals surface area contributed by atoms with Gasteiger partial charge in [0, 0.05) is 17.2 Å². The molecule has 0 bridgehead atoms. The molecule has 0 saturated carbocycles. The average Bonchev–Trinajstić information content (AvgIpc) is 2.92. The fourth-order valence-corrected chi connectivity index (χ4v) is 2.48. The van der Waals surface area contributed by atoms with Crippen LogP contribution >= 0.6 is 23.4 Å². The highest BCUT2D eigenvalue weighted by Gasteiger charge is 2.06. The summed E-state index contributed by atoms with van der Waals surface area (Å²) in [7, 11) is 0. The molecule has 2 heterocycles. The molecule has 0 radical (unpaired) electrons. The minimum Gasteiger partial charge on any atom is -0.439 e. The van der Waals surface area contributed by atoms with Gasteiger partial charge in [-0.25, -0.2) is 4.98 Å². The summed E-state index contributed by atoms with van der Waals surface area (Å²) >= 11 is 7.58. The van der Waals surface area contributed by atoms with E-state index in [1.165, 1.54) is 0 Å². The first-order valence-corrected chi connectivity index (χ1v) is 7.28. The molecular formula is C14H10ClN3OS.